The maximum Gasteiger partial charge on any atom is 0.139 e. The lowest BCUT2D eigenvalue weighted by atomic mass is 9.77. The zero-order chi connectivity index (χ0) is 18.9. The molecule has 0 unspecified atom stereocenters. The first-order chi connectivity index (χ1) is 13.6. The number of aromatic amines is 1. The number of hydrogen-bond donors (Lipinski definition) is 2. The van der Waals surface area contributed by atoms with Gasteiger partial charge in [-0.05, 0) is 23.8 Å². The third-order valence-electron chi connectivity index (χ3n) is 6.16. The maximum absolute atomic E-state index is 5.96. The number of aliphatic imine (C=N–C) groups is 1. The van der Waals surface area contributed by atoms with Crippen molar-refractivity contribution >= 4 is 33.5 Å². The predicted molar refractivity (Wildman–Crippen MR) is 112 cm³/mol. The zero-order valence-electron chi connectivity index (χ0n) is 15.7. The van der Waals surface area contributed by atoms with Crippen LogP contribution >= 0.6 is 0 Å². The van der Waals surface area contributed by atoms with Crippen molar-refractivity contribution in [2.45, 2.75) is 6.42 Å². The number of rotatable bonds is 2. The van der Waals surface area contributed by atoms with Crippen LogP contribution in [-0.2, 0) is 7.05 Å². The molecule has 2 aliphatic rings. The molecule has 2 aliphatic heterocycles. The highest BCUT2D eigenvalue weighted by Gasteiger charge is 2.47. The van der Waals surface area contributed by atoms with Gasteiger partial charge in [0.2, 0.25) is 0 Å². The Balaban J connectivity index is 1.47. The van der Waals surface area contributed by atoms with Crippen LogP contribution in [-0.4, -0.2) is 45.2 Å². The van der Waals surface area contributed by atoms with E-state index in [0.717, 1.165) is 65.0 Å². The Hall–Kier alpha value is -3.35. The van der Waals surface area contributed by atoms with E-state index in [9.17, 15) is 0 Å². The summed E-state index contributed by atoms with van der Waals surface area (Å²) in [6, 6.07) is 8.61. The number of fused-ring (bicyclic) bond motifs is 2. The first kappa shape index (κ1) is 15.7. The van der Waals surface area contributed by atoms with Crippen LogP contribution in [0.5, 0.6) is 0 Å². The molecule has 5 heterocycles. The summed E-state index contributed by atoms with van der Waals surface area (Å²) in [5, 5.41) is 6.67. The highest BCUT2D eigenvalue weighted by Crippen LogP contribution is 2.46. The van der Waals surface area contributed by atoms with Gasteiger partial charge >= 0.3 is 0 Å². The summed E-state index contributed by atoms with van der Waals surface area (Å²) in [7, 11) is 1.97. The van der Waals surface area contributed by atoms with Crippen molar-refractivity contribution < 1.29 is 0 Å². The van der Waals surface area contributed by atoms with Gasteiger partial charge in [0.05, 0.1) is 29.8 Å². The van der Waals surface area contributed by atoms with Gasteiger partial charge in [0, 0.05) is 60.7 Å². The molecule has 0 saturated carbocycles. The van der Waals surface area contributed by atoms with Gasteiger partial charge in [-0.1, -0.05) is 6.07 Å². The number of nitrogens with one attached hydrogen (secondary N) is 1. The molecule has 0 atom stereocenters. The average molecular weight is 371 g/mol. The van der Waals surface area contributed by atoms with Gasteiger partial charge in [-0.25, -0.2) is 4.98 Å². The van der Waals surface area contributed by atoms with Crippen LogP contribution in [0.3, 0.4) is 0 Å². The topological polar surface area (TPSA) is 88.1 Å². The molecule has 7 heteroatoms. The molecule has 0 amide bonds. The summed E-state index contributed by atoms with van der Waals surface area (Å²) in [4.78, 5) is 14.8. The van der Waals surface area contributed by atoms with E-state index in [2.05, 4.69) is 49.2 Å². The number of aromatic nitrogens is 4. The number of anilines is 1. The van der Waals surface area contributed by atoms with Gasteiger partial charge in [0.1, 0.15) is 5.65 Å². The normalized spacial score (nSPS) is 18.2. The van der Waals surface area contributed by atoms with Crippen molar-refractivity contribution in [1.29, 1.82) is 0 Å². The highest BCUT2D eigenvalue weighted by atomic mass is 15.2. The van der Waals surface area contributed by atoms with Gasteiger partial charge in [-0.15, -0.1) is 0 Å². The summed E-state index contributed by atoms with van der Waals surface area (Å²) in [5.41, 5.74) is 11.8. The molecule has 140 valence electrons. The Bertz CT molecular complexity index is 1260. The number of pyridine rings is 1. The lowest BCUT2D eigenvalue weighted by Gasteiger charge is -2.49. The Kier molecular flexibility index (Phi) is 2.99. The molecule has 1 fully saturated rings. The van der Waals surface area contributed by atoms with Gasteiger partial charge < -0.3 is 15.6 Å². The minimum absolute atomic E-state index is 0.209. The smallest absolute Gasteiger partial charge is 0.139 e. The lowest BCUT2D eigenvalue weighted by Crippen LogP contribution is -2.57. The molecule has 7 nitrogen and oxygen atoms in total. The third-order valence-corrected chi connectivity index (χ3v) is 6.16. The number of nitrogens with two attached hydrogens (primary N) is 1. The van der Waals surface area contributed by atoms with Crippen LogP contribution in [0, 0.1) is 5.41 Å². The third kappa shape index (κ3) is 2.13. The molecule has 3 aromatic heterocycles. The highest BCUT2D eigenvalue weighted by molar-refractivity contribution is 6.00. The van der Waals surface area contributed by atoms with E-state index in [1.165, 1.54) is 5.69 Å². The minimum atomic E-state index is 0.209. The average Bonchev–Trinajstić information content (AvgIpc) is 3.38. The summed E-state index contributed by atoms with van der Waals surface area (Å²) in [5.74, 6) is 0.795. The Morgan fingerprint density at radius 2 is 2.07 bits per heavy atom. The second-order valence-electron chi connectivity index (χ2n) is 8.14. The molecular weight excluding hydrogens is 350 g/mol. The standard InChI is InChI=1S/C21H21N7/c1-27-17-3-2-13(6-14(17)8-26-27)16-9-24-20-15(4-5-23-20)19(16)28-11-21(12-28)7-18(22)25-10-21/h2-6,8-9H,7,10-12H2,1H3,(H2,22,25)(H,23,24). The second kappa shape index (κ2) is 5.34. The fourth-order valence-corrected chi connectivity index (χ4v) is 4.78. The zero-order valence-corrected chi connectivity index (χ0v) is 15.7. The molecule has 1 spiro atoms. The monoisotopic (exact) mass is 371 g/mol. The fraction of sp³-hybridized carbons (Fsp3) is 0.286. The van der Waals surface area contributed by atoms with Crippen LogP contribution in [0.25, 0.3) is 33.1 Å². The number of aryl methyl sites for hydroxylation is 1. The maximum atomic E-state index is 5.96. The van der Waals surface area contributed by atoms with E-state index in [0.29, 0.717) is 0 Å². The number of nitrogens with zero attached hydrogens (tertiary/aromatic N) is 5. The minimum Gasteiger partial charge on any atom is -0.387 e. The number of H-pyrrole nitrogens is 1. The SMILES string of the molecule is Cn1ncc2cc(-c3cnc4[nH]ccc4c3N3CC4(CN=C(N)C4)C3)ccc21. The first-order valence-corrected chi connectivity index (χ1v) is 9.54. The molecule has 0 bridgehead atoms. The van der Waals surface area contributed by atoms with Crippen molar-refractivity contribution in [3.8, 4) is 11.1 Å². The number of amidine groups is 1. The van der Waals surface area contributed by atoms with E-state index >= 15 is 0 Å². The number of hydrogen-bond acceptors (Lipinski definition) is 5. The Morgan fingerprint density at radius 1 is 1.18 bits per heavy atom. The van der Waals surface area contributed by atoms with Crippen molar-refractivity contribution in [1.82, 2.24) is 19.7 Å². The molecule has 1 aromatic carbocycles. The van der Waals surface area contributed by atoms with Gasteiger partial charge in [-0.2, -0.15) is 5.10 Å². The number of benzene rings is 1. The molecule has 1 saturated heterocycles. The van der Waals surface area contributed by atoms with E-state index in [1.54, 1.807) is 0 Å². The summed E-state index contributed by atoms with van der Waals surface area (Å²) in [6.07, 6.45) is 6.76. The molecular formula is C21H21N7. The summed E-state index contributed by atoms with van der Waals surface area (Å²) in [6.45, 7) is 2.79. The summed E-state index contributed by atoms with van der Waals surface area (Å²) < 4.78 is 1.90. The van der Waals surface area contributed by atoms with Gasteiger partial charge in [0.25, 0.3) is 0 Å². The van der Waals surface area contributed by atoms with E-state index in [-0.39, 0.29) is 5.41 Å². The summed E-state index contributed by atoms with van der Waals surface area (Å²) >= 11 is 0. The van der Waals surface area contributed by atoms with Crippen molar-refractivity contribution in [3.63, 3.8) is 0 Å². The van der Waals surface area contributed by atoms with Crippen molar-refractivity contribution in [2.24, 2.45) is 23.2 Å². The Labute approximate surface area is 161 Å². The van der Waals surface area contributed by atoms with Gasteiger partial charge in [-0.3, -0.25) is 9.67 Å². The van der Waals surface area contributed by atoms with Crippen LogP contribution in [0.4, 0.5) is 5.69 Å². The van der Waals surface area contributed by atoms with Crippen LogP contribution in [0.15, 0.2) is 47.8 Å². The van der Waals surface area contributed by atoms with Crippen molar-refractivity contribution in [2.75, 3.05) is 24.5 Å². The first-order valence-electron chi connectivity index (χ1n) is 9.54. The fourth-order valence-electron chi connectivity index (χ4n) is 4.78. The molecule has 28 heavy (non-hydrogen) atoms. The quantitative estimate of drug-likeness (QED) is 0.567. The molecule has 0 aliphatic carbocycles. The van der Waals surface area contributed by atoms with Crippen LogP contribution in [0.1, 0.15) is 6.42 Å². The predicted octanol–water partition coefficient (Wildman–Crippen LogP) is 2.68. The van der Waals surface area contributed by atoms with Crippen LogP contribution < -0.4 is 10.6 Å². The Morgan fingerprint density at radius 3 is 2.89 bits per heavy atom. The molecule has 6 rings (SSSR count). The molecule has 3 N–H and O–H groups in total. The van der Waals surface area contributed by atoms with E-state index < -0.39 is 0 Å². The second-order valence-corrected chi connectivity index (χ2v) is 8.14. The van der Waals surface area contributed by atoms with E-state index in [4.69, 9.17) is 5.73 Å². The van der Waals surface area contributed by atoms with Crippen LogP contribution in [0.2, 0.25) is 0 Å². The van der Waals surface area contributed by atoms with Gasteiger partial charge in [0.15, 0.2) is 0 Å². The molecule has 4 aromatic rings. The van der Waals surface area contributed by atoms with Crippen molar-refractivity contribution in [3.05, 3.63) is 42.9 Å². The van der Waals surface area contributed by atoms with E-state index in [1.807, 2.05) is 30.3 Å². The largest absolute Gasteiger partial charge is 0.387 e. The molecule has 0 radical (unpaired) electrons. The lowest BCUT2D eigenvalue weighted by molar-refractivity contribution is 0.250.